The maximum absolute atomic E-state index is 12.7. The van der Waals surface area contributed by atoms with Crippen LogP contribution in [0.5, 0.6) is 5.75 Å². The van der Waals surface area contributed by atoms with Crippen LogP contribution in [0.1, 0.15) is 32.3 Å². The van der Waals surface area contributed by atoms with Crippen LogP contribution in [0.15, 0.2) is 71.7 Å². The van der Waals surface area contributed by atoms with Crippen LogP contribution in [0.3, 0.4) is 0 Å². The van der Waals surface area contributed by atoms with Crippen molar-refractivity contribution in [3.05, 3.63) is 93.5 Å². The van der Waals surface area contributed by atoms with Gasteiger partial charge in [0.15, 0.2) is 0 Å². The molecule has 0 heterocycles. The van der Waals surface area contributed by atoms with Crippen molar-refractivity contribution in [3.8, 4) is 11.8 Å². The van der Waals surface area contributed by atoms with Crippen molar-refractivity contribution in [1.82, 2.24) is 10.6 Å². The van der Waals surface area contributed by atoms with E-state index in [0.717, 1.165) is 0 Å². The largest absolute Gasteiger partial charge is 1.00 e. The van der Waals surface area contributed by atoms with Gasteiger partial charge in [0.05, 0.1) is 29.8 Å². The third-order valence-corrected chi connectivity index (χ3v) is 5.14. The third kappa shape index (κ3) is 7.46. The number of amidine groups is 1. The monoisotopic (exact) mass is 518 g/mol. The van der Waals surface area contributed by atoms with E-state index in [2.05, 4.69) is 15.6 Å². The summed E-state index contributed by atoms with van der Waals surface area (Å²) in [5.41, 5.74) is 0.806. The van der Waals surface area contributed by atoms with Gasteiger partial charge >= 0.3 is 29.6 Å². The van der Waals surface area contributed by atoms with Crippen LogP contribution in [-0.4, -0.2) is 24.9 Å². The average molecular weight is 519 g/mol. The van der Waals surface area contributed by atoms with Crippen LogP contribution in [0.2, 0.25) is 10.0 Å². The fourth-order valence-electron chi connectivity index (χ4n) is 2.94. The Morgan fingerprint density at radius 1 is 1.06 bits per heavy atom. The van der Waals surface area contributed by atoms with Gasteiger partial charge in [-0.1, -0.05) is 53.5 Å². The number of hydrogen-bond acceptors (Lipinski definition) is 6. The van der Waals surface area contributed by atoms with Crippen molar-refractivity contribution in [2.75, 3.05) is 7.11 Å². The molecule has 0 aliphatic rings. The Labute approximate surface area is 233 Å². The quantitative estimate of drug-likeness (QED) is 0.283. The number of carbonyl (C=O) groups excluding carboxylic acids is 2. The molecule has 35 heavy (non-hydrogen) atoms. The van der Waals surface area contributed by atoms with E-state index in [1.165, 1.54) is 43.5 Å². The molecule has 3 aromatic rings. The summed E-state index contributed by atoms with van der Waals surface area (Å²) >= 11 is 11.8. The molecule has 0 bridgehead atoms. The van der Waals surface area contributed by atoms with Crippen LogP contribution >= 0.6 is 23.2 Å². The Morgan fingerprint density at radius 2 is 1.77 bits per heavy atom. The van der Waals surface area contributed by atoms with Crippen molar-refractivity contribution in [1.29, 1.82) is 5.26 Å². The molecule has 2 N–H and O–H groups in total. The van der Waals surface area contributed by atoms with Gasteiger partial charge in [-0.2, -0.15) is 5.26 Å². The number of methoxy groups -OCH3 is 1. The van der Waals surface area contributed by atoms with E-state index < -0.39 is 23.9 Å². The van der Waals surface area contributed by atoms with Gasteiger partial charge in [0, 0.05) is 10.6 Å². The van der Waals surface area contributed by atoms with Crippen molar-refractivity contribution in [2.24, 2.45) is 4.99 Å². The third-order valence-electron chi connectivity index (χ3n) is 4.60. The number of halogens is 2. The van der Waals surface area contributed by atoms with Crippen molar-refractivity contribution < 1.29 is 49.0 Å². The summed E-state index contributed by atoms with van der Waals surface area (Å²) < 4.78 is 5.20. The Balaban J connectivity index is 0.00000432. The molecule has 1 atom stereocenters. The first-order valence-corrected chi connectivity index (χ1v) is 10.5. The average Bonchev–Trinajstić information content (AvgIpc) is 2.82. The molecule has 172 valence electrons. The van der Waals surface area contributed by atoms with Gasteiger partial charge in [-0.15, -0.1) is 0 Å². The molecule has 0 spiro atoms. The maximum atomic E-state index is 12.7. The predicted molar refractivity (Wildman–Crippen MR) is 126 cm³/mol. The first-order valence-electron chi connectivity index (χ1n) is 9.78. The smallest absolute Gasteiger partial charge is 0.846 e. The molecule has 3 aromatic carbocycles. The maximum Gasteiger partial charge on any atom is 1.00 e. The van der Waals surface area contributed by atoms with Gasteiger partial charge in [-0.25, -0.2) is 4.99 Å². The number of nitrogens with one attached hydrogen (secondary N) is 2. The summed E-state index contributed by atoms with van der Waals surface area (Å²) in [6.07, 6.45) is 0. The Bertz CT molecular complexity index is 1300. The van der Waals surface area contributed by atoms with Gasteiger partial charge in [0.2, 0.25) is 0 Å². The standard InChI is InChI=1S/C24H18Cl2N4O4.Na/c1-34-21-10-7-15(22(31)28-20(13-27)14-5-3-2-4-6-14)11-19(21)29-24(33)30-23(32)17-9-8-16(25)12-18(17)26;/h2-12,20H,1H3,(H,28,31)(H2,29,30,32,33);/q;+1/p-1. The minimum absolute atomic E-state index is 0. The molecular weight excluding hydrogens is 502 g/mol. The molecule has 0 radical (unpaired) electrons. The van der Waals surface area contributed by atoms with E-state index in [-0.39, 0.29) is 57.1 Å². The van der Waals surface area contributed by atoms with Crippen LogP contribution in [0.4, 0.5) is 5.69 Å². The van der Waals surface area contributed by atoms with Crippen LogP contribution < -0.4 is 50.0 Å². The molecule has 11 heteroatoms. The van der Waals surface area contributed by atoms with Gasteiger partial charge in [-0.05, 0) is 42.0 Å². The van der Waals surface area contributed by atoms with Crippen LogP contribution in [-0.2, 0) is 0 Å². The molecule has 0 aliphatic heterocycles. The summed E-state index contributed by atoms with van der Waals surface area (Å²) in [6, 6.07) is 17.3. The molecule has 0 aromatic heterocycles. The van der Waals surface area contributed by atoms with E-state index in [1.54, 1.807) is 30.3 Å². The normalized spacial score (nSPS) is 11.4. The fourth-order valence-corrected chi connectivity index (χ4v) is 3.44. The molecule has 2 amide bonds. The van der Waals surface area contributed by atoms with Crippen molar-refractivity contribution in [2.45, 2.75) is 6.04 Å². The zero-order valence-electron chi connectivity index (χ0n) is 18.7. The first-order chi connectivity index (χ1) is 16.3. The number of amides is 2. The Hall–Kier alpha value is -3.06. The fraction of sp³-hybridized carbons (Fsp3) is 0.0833. The number of nitriles is 1. The predicted octanol–water partition coefficient (Wildman–Crippen LogP) is 0.778. The minimum Gasteiger partial charge on any atom is -0.846 e. The zero-order valence-corrected chi connectivity index (χ0v) is 22.2. The SMILES string of the molecule is COc1ccc(C(=O)NC(C#N)c2ccccc2)cc1N=C([O-])NC(=O)c1ccc(Cl)cc1Cl.[Na+]. The number of nitrogens with zero attached hydrogens (tertiary/aromatic N) is 2. The number of hydrogen-bond donors (Lipinski definition) is 2. The number of ether oxygens (including phenoxy) is 1. The van der Waals surface area contributed by atoms with Crippen molar-refractivity contribution in [3.63, 3.8) is 0 Å². The van der Waals surface area contributed by atoms with Crippen LogP contribution in [0.25, 0.3) is 0 Å². The number of rotatable bonds is 6. The molecule has 1 unspecified atom stereocenters. The van der Waals surface area contributed by atoms with E-state index in [9.17, 15) is 20.0 Å². The second-order valence-corrected chi connectivity index (χ2v) is 7.67. The van der Waals surface area contributed by atoms with Crippen molar-refractivity contribution >= 4 is 46.7 Å². The number of carbonyl (C=O) groups is 2. The Kier molecular flexibility index (Phi) is 10.6. The summed E-state index contributed by atoms with van der Waals surface area (Å²) in [4.78, 5) is 28.9. The zero-order chi connectivity index (χ0) is 24.7. The van der Waals surface area contributed by atoms with E-state index in [4.69, 9.17) is 27.9 Å². The second kappa shape index (κ2) is 13.1. The summed E-state index contributed by atoms with van der Waals surface area (Å²) in [6.45, 7) is 0. The van der Waals surface area contributed by atoms with E-state index >= 15 is 0 Å². The van der Waals surface area contributed by atoms with Crippen LogP contribution in [0, 0.1) is 11.3 Å². The molecule has 0 aliphatic carbocycles. The second-order valence-electron chi connectivity index (χ2n) is 6.83. The molecule has 0 fully saturated rings. The number of aliphatic imine (C=N–C) groups is 1. The topological polar surface area (TPSA) is 127 Å². The minimum atomic E-state index is -0.994. The van der Waals surface area contributed by atoms with E-state index in [1.807, 2.05) is 6.07 Å². The van der Waals surface area contributed by atoms with Gasteiger partial charge < -0.3 is 20.5 Å². The van der Waals surface area contributed by atoms with Gasteiger partial charge in [0.25, 0.3) is 11.8 Å². The first kappa shape index (κ1) is 28.2. The molecule has 8 nitrogen and oxygen atoms in total. The summed E-state index contributed by atoms with van der Waals surface area (Å²) in [5, 5.41) is 26.9. The van der Waals surface area contributed by atoms with Gasteiger partial charge in [0.1, 0.15) is 17.5 Å². The summed E-state index contributed by atoms with van der Waals surface area (Å²) in [7, 11) is 1.37. The Morgan fingerprint density at radius 3 is 2.40 bits per heavy atom. The molecule has 3 rings (SSSR count). The number of benzene rings is 3. The molecule has 0 saturated heterocycles. The van der Waals surface area contributed by atoms with E-state index in [0.29, 0.717) is 10.6 Å². The van der Waals surface area contributed by atoms with Gasteiger partial charge in [-0.3, -0.25) is 9.59 Å². The molecular formula is C24H17Cl2N4NaO4. The molecule has 0 saturated carbocycles. The summed E-state index contributed by atoms with van der Waals surface area (Å²) in [5.74, 6) is -1.13.